The van der Waals surface area contributed by atoms with E-state index in [2.05, 4.69) is 41.5 Å². The molecule has 10 heteroatoms. The van der Waals surface area contributed by atoms with Gasteiger partial charge in [-0.1, -0.05) is 52.5 Å². The maximum atomic E-state index is 15.1. The van der Waals surface area contributed by atoms with E-state index in [0.29, 0.717) is 17.2 Å². The van der Waals surface area contributed by atoms with Gasteiger partial charge < -0.3 is 15.5 Å². The number of benzene rings is 1. The van der Waals surface area contributed by atoms with Crippen molar-refractivity contribution in [3.8, 4) is 0 Å². The van der Waals surface area contributed by atoms with Crippen LogP contribution in [0.2, 0.25) is 0 Å². The summed E-state index contributed by atoms with van der Waals surface area (Å²) in [6.07, 6.45) is 7.25. The number of methoxy groups -OCH3 is 1. The zero-order chi connectivity index (χ0) is 35.4. The van der Waals surface area contributed by atoms with Crippen molar-refractivity contribution >= 4 is 23.4 Å². The third-order valence-corrected chi connectivity index (χ3v) is 8.00. The summed E-state index contributed by atoms with van der Waals surface area (Å²) in [6, 6.07) is 4.52. The van der Waals surface area contributed by atoms with E-state index in [1.54, 1.807) is 12.3 Å². The largest absolute Gasteiger partial charge is 0.500 e. The molecule has 2 atom stereocenters. The Labute approximate surface area is 279 Å². The number of nitrogens with zero attached hydrogens (tertiary/aromatic N) is 2. The van der Waals surface area contributed by atoms with Gasteiger partial charge in [-0.25, -0.2) is 9.38 Å². The van der Waals surface area contributed by atoms with Crippen molar-refractivity contribution in [3.63, 3.8) is 0 Å². The van der Waals surface area contributed by atoms with Crippen LogP contribution in [0.3, 0.4) is 0 Å². The first-order valence-electron chi connectivity index (χ1n) is 16.3. The van der Waals surface area contributed by atoms with Gasteiger partial charge in [0.05, 0.1) is 24.6 Å². The Balaban J connectivity index is 0.00000222. The van der Waals surface area contributed by atoms with E-state index < -0.39 is 17.4 Å². The van der Waals surface area contributed by atoms with E-state index in [-0.39, 0.29) is 43.0 Å². The van der Waals surface area contributed by atoms with Crippen LogP contribution in [-0.4, -0.2) is 43.6 Å². The zero-order valence-corrected chi connectivity index (χ0v) is 28.9. The zero-order valence-electron chi connectivity index (χ0n) is 28.9. The van der Waals surface area contributed by atoms with Gasteiger partial charge in [-0.2, -0.15) is 18.3 Å². The number of Topliss-reactive ketones (excluding diaryl/α,β-unsaturated/α-hetero) is 1. The molecule has 4 rings (SSSR count). The molecule has 0 spiro atoms. The molecule has 0 aromatic heterocycles. The van der Waals surface area contributed by atoms with Gasteiger partial charge in [0, 0.05) is 44.7 Å². The molecule has 2 unspecified atom stereocenters. The first kappa shape index (κ1) is 39.2. The number of alkyl halides is 3. The number of fused-ring (bicyclic) bond motifs is 1. The number of aliphatic imine (C=N–C) groups is 1. The number of carbonyl (C=O) groups excluding carboxylic acids is 1. The molecule has 0 amide bonds. The molecular weight excluding hydrogens is 608 g/mol. The molecule has 2 aliphatic heterocycles. The molecule has 2 N–H and O–H groups in total. The average Bonchev–Trinajstić information content (AvgIpc) is 3.56. The monoisotopic (exact) mass is 660 g/mol. The van der Waals surface area contributed by atoms with Gasteiger partial charge in [0.25, 0.3) is 0 Å². The fraction of sp³-hybridized carbons (Fsp3) is 0.486. The Morgan fingerprint density at radius 2 is 1.89 bits per heavy atom. The van der Waals surface area contributed by atoms with Crippen molar-refractivity contribution in [1.82, 2.24) is 10.7 Å². The number of halogens is 4. The third kappa shape index (κ3) is 10.5. The number of carbonyl (C=O) groups is 1. The first-order valence-corrected chi connectivity index (χ1v) is 16.3. The molecule has 0 bridgehead atoms. The highest BCUT2D eigenvalue weighted by Gasteiger charge is 2.51. The van der Waals surface area contributed by atoms with Gasteiger partial charge in [0.15, 0.2) is 0 Å². The summed E-state index contributed by atoms with van der Waals surface area (Å²) in [7, 11) is 1.14. The van der Waals surface area contributed by atoms with E-state index in [0.717, 1.165) is 64.1 Å². The fourth-order valence-electron chi connectivity index (χ4n) is 5.19. The summed E-state index contributed by atoms with van der Waals surface area (Å²) in [6.45, 7) is 16.7. The molecule has 1 aromatic rings. The molecule has 6 nitrogen and oxygen atoms in total. The van der Waals surface area contributed by atoms with Crippen molar-refractivity contribution in [2.24, 2.45) is 21.4 Å². The summed E-state index contributed by atoms with van der Waals surface area (Å²) in [5, 5.41) is 7.44. The molecule has 3 aliphatic rings. The Morgan fingerprint density at radius 1 is 1.19 bits per heavy atom. The van der Waals surface area contributed by atoms with Crippen LogP contribution in [0.4, 0.5) is 17.6 Å². The van der Waals surface area contributed by atoms with Crippen LogP contribution in [0.1, 0.15) is 86.7 Å². The molecule has 0 fully saturated rings. The van der Waals surface area contributed by atoms with Crippen LogP contribution in [0.5, 0.6) is 0 Å². The van der Waals surface area contributed by atoms with Gasteiger partial charge in [-0.15, -0.1) is 0 Å². The number of ether oxygens (including phenoxy) is 1. The highest BCUT2D eigenvalue weighted by atomic mass is 19.4. The third-order valence-electron chi connectivity index (χ3n) is 8.00. The summed E-state index contributed by atoms with van der Waals surface area (Å²) in [4.78, 5) is 17.4. The number of hydrogen-bond donors (Lipinski definition) is 2. The normalized spacial score (nSPS) is 18.8. The van der Waals surface area contributed by atoms with Crippen molar-refractivity contribution in [2.75, 3.05) is 13.7 Å². The van der Waals surface area contributed by atoms with Gasteiger partial charge in [-0.05, 0) is 80.5 Å². The fourth-order valence-corrected chi connectivity index (χ4v) is 5.19. The SMILES string of the molecule is C=C(/C=C(\OC)C(C)(C)C(F)(F)F)CC(=O)Cc1ccc(C2=CNC3C=C(CCCC4C=NNC4)C(C)=CC3=N2)cc1F.CC.CC.[HH]. The smallest absolute Gasteiger partial charge is 0.400 e. The van der Waals surface area contributed by atoms with Crippen molar-refractivity contribution in [1.29, 1.82) is 0 Å². The van der Waals surface area contributed by atoms with Crippen LogP contribution in [0, 0.1) is 17.2 Å². The van der Waals surface area contributed by atoms with Crippen LogP contribution in [0.25, 0.3) is 5.70 Å². The molecule has 260 valence electrons. The lowest BCUT2D eigenvalue weighted by atomic mass is 9.88. The molecular formula is C37H52F4N4O2. The van der Waals surface area contributed by atoms with Gasteiger partial charge in [-0.3, -0.25) is 4.79 Å². The Bertz CT molecular complexity index is 1460. The molecule has 1 aromatic carbocycles. The predicted octanol–water partition coefficient (Wildman–Crippen LogP) is 9.27. The second-order valence-electron chi connectivity index (χ2n) is 11.7. The molecule has 2 heterocycles. The van der Waals surface area contributed by atoms with Gasteiger partial charge >= 0.3 is 6.18 Å². The minimum Gasteiger partial charge on any atom is -0.500 e. The average molecular weight is 661 g/mol. The number of hydrogen-bond acceptors (Lipinski definition) is 6. The Morgan fingerprint density at radius 3 is 2.49 bits per heavy atom. The van der Waals surface area contributed by atoms with Gasteiger partial charge in [0.1, 0.15) is 22.8 Å². The summed E-state index contributed by atoms with van der Waals surface area (Å²) < 4.78 is 60.2. The predicted molar refractivity (Wildman–Crippen MR) is 187 cm³/mol. The van der Waals surface area contributed by atoms with Crippen molar-refractivity contribution in [3.05, 3.63) is 88.6 Å². The minimum atomic E-state index is -4.55. The Kier molecular flexibility index (Phi) is 14.9. The second-order valence-corrected chi connectivity index (χ2v) is 11.7. The van der Waals surface area contributed by atoms with Crippen molar-refractivity contribution in [2.45, 2.75) is 92.8 Å². The van der Waals surface area contributed by atoms with E-state index in [1.807, 2.05) is 33.9 Å². The lowest BCUT2D eigenvalue weighted by Gasteiger charge is -2.29. The summed E-state index contributed by atoms with van der Waals surface area (Å²) in [5.41, 5.74) is 5.51. The molecule has 0 radical (unpaired) electrons. The number of rotatable bonds is 12. The number of allylic oxidation sites excluding steroid dienone is 5. The lowest BCUT2D eigenvalue weighted by molar-refractivity contribution is -0.208. The minimum absolute atomic E-state index is 0. The van der Waals surface area contributed by atoms with E-state index >= 15 is 4.39 Å². The van der Waals surface area contributed by atoms with Crippen molar-refractivity contribution < 1.29 is 28.5 Å². The van der Waals surface area contributed by atoms with E-state index in [4.69, 9.17) is 9.73 Å². The number of hydrazone groups is 1. The van der Waals surface area contributed by atoms with E-state index in [1.165, 1.54) is 17.7 Å². The molecule has 47 heavy (non-hydrogen) atoms. The lowest BCUT2D eigenvalue weighted by Crippen LogP contribution is -2.35. The number of ketones is 1. The first-order chi connectivity index (χ1) is 22.3. The highest BCUT2D eigenvalue weighted by Crippen LogP contribution is 2.44. The van der Waals surface area contributed by atoms with Gasteiger partial charge in [0.2, 0.25) is 0 Å². The number of nitrogens with one attached hydrogen (secondary N) is 2. The standard InChI is InChI=1S/C33H38F4N4O2.2C2H6.H2/c1-20(12-31(43-5)32(3,4)33(35,36)37)11-26(42)14-24-9-10-25(15-27(24)34)30-19-38-28-16-23(21(2)13-29(28)41-30)8-6-7-22-17-39-40-18-22;2*1-2;/h9-10,12-13,15-17,19,22,28,38,40H,1,6-8,11,14,18H2,2-5H3;2*1-2H3;1H/b31-12-;;;. The van der Waals surface area contributed by atoms with E-state index in [9.17, 15) is 18.0 Å². The maximum absolute atomic E-state index is 15.1. The Hall–Kier alpha value is -3.95. The van der Waals surface area contributed by atoms with Crippen LogP contribution in [0.15, 0.2) is 81.8 Å². The second kappa shape index (κ2) is 17.8. The highest BCUT2D eigenvalue weighted by molar-refractivity contribution is 6.06. The maximum Gasteiger partial charge on any atom is 0.400 e. The van der Waals surface area contributed by atoms with Crippen LogP contribution < -0.4 is 10.7 Å². The summed E-state index contributed by atoms with van der Waals surface area (Å²) >= 11 is 0. The summed E-state index contributed by atoms with van der Waals surface area (Å²) in [5.74, 6) is -0.813. The van der Waals surface area contributed by atoms with Crippen LogP contribution in [-0.2, 0) is 16.0 Å². The topological polar surface area (TPSA) is 75.1 Å². The van der Waals surface area contributed by atoms with Crippen LogP contribution >= 0.6 is 0 Å². The molecule has 0 saturated heterocycles. The molecule has 1 aliphatic carbocycles. The molecule has 0 saturated carbocycles. The quantitative estimate of drug-likeness (QED) is 0.133.